The SMILES string of the molecule is CC(C)c1ccc2c(c1)N(CCN1CCCC1)CCn1c-2c(C2CCCCC2)c2ccc(C(=O)O)cc21.Cl. The van der Waals surface area contributed by atoms with Gasteiger partial charge in [0.25, 0.3) is 0 Å². The van der Waals surface area contributed by atoms with E-state index in [1.807, 2.05) is 12.1 Å². The Morgan fingerprint density at radius 3 is 2.39 bits per heavy atom. The van der Waals surface area contributed by atoms with E-state index < -0.39 is 5.97 Å². The van der Waals surface area contributed by atoms with E-state index in [2.05, 4.69) is 52.5 Å². The van der Waals surface area contributed by atoms with Crippen molar-refractivity contribution in [2.24, 2.45) is 0 Å². The van der Waals surface area contributed by atoms with Crippen molar-refractivity contribution in [2.45, 2.75) is 77.2 Å². The van der Waals surface area contributed by atoms with Crippen molar-refractivity contribution < 1.29 is 9.90 Å². The van der Waals surface area contributed by atoms with Gasteiger partial charge in [-0.05, 0) is 79.9 Å². The molecule has 2 aliphatic heterocycles. The standard InChI is InChI=1S/C32H41N3O2.ClH/c1-22(2)24-10-13-27-28(20-24)34(17-16-33-14-6-7-15-33)18-19-35-29-21-25(32(36)37)11-12-26(29)30(31(27)35)23-8-4-3-5-9-23;/h10-13,20-23H,3-9,14-19H2,1-2H3,(H,36,37);1H. The third-order valence-corrected chi connectivity index (χ3v) is 9.13. The van der Waals surface area contributed by atoms with E-state index >= 15 is 0 Å². The predicted octanol–water partition coefficient (Wildman–Crippen LogP) is 7.52. The number of anilines is 1. The molecule has 2 aromatic carbocycles. The first-order valence-corrected chi connectivity index (χ1v) is 14.5. The van der Waals surface area contributed by atoms with Crippen molar-refractivity contribution in [1.82, 2.24) is 9.47 Å². The largest absolute Gasteiger partial charge is 0.478 e. The van der Waals surface area contributed by atoms with Gasteiger partial charge >= 0.3 is 5.97 Å². The zero-order valence-corrected chi connectivity index (χ0v) is 23.7. The molecule has 1 N–H and O–H groups in total. The second-order valence-corrected chi connectivity index (χ2v) is 11.8. The minimum Gasteiger partial charge on any atom is -0.478 e. The van der Waals surface area contributed by atoms with Crippen LogP contribution in [0.2, 0.25) is 0 Å². The molecule has 5 nitrogen and oxygen atoms in total. The molecule has 1 aromatic heterocycles. The molecule has 0 bridgehead atoms. The number of aromatic carboxylic acids is 1. The molecule has 6 rings (SSSR count). The van der Waals surface area contributed by atoms with Crippen LogP contribution in [0.5, 0.6) is 0 Å². The molecule has 1 aliphatic carbocycles. The highest BCUT2D eigenvalue weighted by Gasteiger charge is 2.31. The number of carbonyl (C=O) groups is 1. The minimum atomic E-state index is -0.848. The van der Waals surface area contributed by atoms with Gasteiger partial charge in [-0.1, -0.05) is 51.3 Å². The number of halogens is 1. The lowest BCUT2D eigenvalue weighted by atomic mass is 9.81. The predicted molar refractivity (Wildman–Crippen MR) is 159 cm³/mol. The number of nitrogens with zero attached hydrogens (tertiary/aromatic N) is 3. The quantitative estimate of drug-likeness (QED) is 0.354. The van der Waals surface area contributed by atoms with E-state index in [1.54, 1.807) is 0 Å². The molecule has 38 heavy (non-hydrogen) atoms. The van der Waals surface area contributed by atoms with Gasteiger partial charge in [-0.25, -0.2) is 4.79 Å². The molecule has 3 aromatic rings. The molecule has 0 amide bonds. The molecule has 1 saturated carbocycles. The number of carboxylic acids is 1. The smallest absolute Gasteiger partial charge is 0.335 e. The molecule has 6 heteroatoms. The van der Waals surface area contributed by atoms with Gasteiger partial charge in [0, 0.05) is 48.3 Å². The topological polar surface area (TPSA) is 48.7 Å². The van der Waals surface area contributed by atoms with Crippen LogP contribution >= 0.6 is 12.4 Å². The van der Waals surface area contributed by atoms with Crippen LogP contribution in [0.15, 0.2) is 36.4 Å². The zero-order valence-electron chi connectivity index (χ0n) is 22.9. The van der Waals surface area contributed by atoms with Crippen molar-refractivity contribution in [3.8, 4) is 11.3 Å². The summed E-state index contributed by atoms with van der Waals surface area (Å²) in [6, 6.07) is 13.0. The van der Waals surface area contributed by atoms with Crippen LogP contribution < -0.4 is 4.90 Å². The maximum absolute atomic E-state index is 11.9. The number of hydrogen-bond acceptors (Lipinski definition) is 3. The van der Waals surface area contributed by atoms with Crippen LogP contribution in [0.1, 0.15) is 92.1 Å². The number of hydrogen-bond donors (Lipinski definition) is 1. The maximum Gasteiger partial charge on any atom is 0.335 e. The first kappa shape index (κ1) is 27.1. The molecule has 0 radical (unpaired) electrons. The Balaban J connectivity index is 0.00000294. The summed E-state index contributed by atoms with van der Waals surface area (Å²) >= 11 is 0. The van der Waals surface area contributed by atoms with Gasteiger partial charge in [-0.15, -0.1) is 12.4 Å². The van der Waals surface area contributed by atoms with E-state index in [-0.39, 0.29) is 12.4 Å². The fraction of sp³-hybridized carbons (Fsp3) is 0.531. The van der Waals surface area contributed by atoms with Gasteiger partial charge in [0.1, 0.15) is 0 Å². The highest BCUT2D eigenvalue weighted by atomic mass is 35.5. The maximum atomic E-state index is 11.9. The number of fused-ring (bicyclic) bond motifs is 5. The lowest BCUT2D eigenvalue weighted by Gasteiger charge is -2.29. The molecular weight excluding hydrogens is 494 g/mol. The first-order chi connectivity index (χ1) is 18.0. The molecule has 3 heterocycles. The lowest BCUT2D eigenvalue weighted by molar-refractivity contribution is 0.0697. The number of aromatic nitrogens is 1. The molecule has 0 unspecified atom stereocenters. The summed E-state index contributed by atoms with van der Waals surface area (Å²) in [4.78, 5) is 17.2. The molecule has 0 atom stereocenters. The van der Waals surface area contributed by atoms with E-state index in [0.29, 0.717) is 17.4 Å². The highest BCUT2D eigenvalue weighted by Crippen LogP contribution is 2.48. The summed E-state index contributed by atoms with van der Waals surface area (Å²) in [5.74, 6) is 0.173. The zero-order chi connectivity index (χ0) is 25.5. The average Bonchev–Trinajstić information content (AvgIpc) is 3.51. The van der Waals surface area contributed by atoms with Gasteiger partial charge in [0.2, 0.25) is 0 Å². The van der Waals surface area contributed by atoms with Crippen molar-refractivity contribution in [2.75, 3.05) is 37.6 Å². The van der Waals surface area contributed by atoms with Gasteiger partial charge in [0.05, 0.1) is 11.3 Å². The Labute approximate surface area is 233 Å². The van der Waals surface area contributed by atoms with E-state index in [9.17, 15) is 9.90 Å². The first-order valence-electron chi connectivity index (χ1n) is 14.5. The Bertz CT molecular complexity index is 1300. The molecule has 1 saturated heterocycles. The van der Waals surface area contributed by atoms with E-state index in [0.717, 1.165) is 31.7 Å². The van der Waals surface area contributed by atoms with Crippen LogP contribution in [0.4, 0.5) is 5.69 Å². The van der Waals surface area contributed by atoms with Crippen molar-refractivity contribution in [3.63, 3.8) is 0 Å². The van der Waals surface area contributed by atoms with Gasteiger partial charge in [0.15, 0.2) is 0 Å². The number of benzene rings is 2. The van der Waals surface area contributed by atoms with Crippen LogP contribution in [0.3, 0.4) is 0 Å². The summed E-state index contributed by atoms with van der Waals surface area (Å²) in [7, 11) is 0. The van der Waals surface area contributed by atoms with Crippen molar-refractivity contribution in [1.29, 1.82) is 0 Å². The van der Waals surface area contributed by atoms with Crippen molar-refractivity contribution >= 4 is 35.0 Å². The molecule has 204 valence electrons. The number of likely N-dealkylation sites (tertiary alicyclic amines) is 1. The van der Waals surface area contributed by atoms with Crippen LogP contribution in [-0.4, -0.2) is 53.3 Å². The van der Waals surface area contributed by atoms with Crippen LogP contribution in [0.25, 0.3) is 22.2 Å². The van der Waals surface area contributed by atoms with Gasteiger partial charge in [-0.3, -0.25) is 0 Å². The van der Waals surface area contributed by atoms with Crippen LogP contribution in [-0.2, 0) is 6.54 Å². The third-order valence-electron chi connectivity index (χ3n) is 9.13. The summed E-state index contributed by atoms with van der Waals surface area (Å²) in [6.07, 6.45) is 8.99. The molecular formula is C32H42ClN3O2. The highest BCUT2D eigenvalue weighted by molar-refractivity contribution is 5.99. The number of rotatable bonds is 6. The number of carboxylic acid groups (broad SMARTS) is 1. The Morgan fingerprint density at radius 1 is 0.921 bits per heavy atom. The minimum absolute atomic E-state index is 0. The second kappa shape index (κ2) is 11.3. The summed E-state index contributed by atoms with van der Waals surface area (Å²) in [5, 5.41) is 11.1. The third kappa shape index (κ3) is 4.96. The molecule has 0 spiro atoms. The van der Waals surface area contributed by atoms with E-state index in [1.165, 1.54) is 91.5 Å². The molecule has 3 aliphatic rings. The fourth-order valence-corrected chi connectivity index (χ4v) is 7.05. The van der Waals surface area contributed by atoms with E-state index in [4.69, 9.17) is 0 Å². The van der Waals surface area contributed by atoms with Gasteiger partial charge < -0.3 is 19.5 Å². The van der Waals surface area contributed by atoms with Crippen LogP contribution in [0, 0.1) is 0 Å². The van der Waals surface area contributed by atoms with Crippen molar-refractivity contribution in [3.05, 3.63) is 53.1 Å². The summed E-state index contributed by atoms with van der Waals surface area (Å²) in [5.41, 5.74) is 8.37. The lowest BCUT2D eigenvalue weighted by Crippen LogP contribution is -2.35. The monoisotopic (exact) mass is 535 g/mol. The summed E-state index contributed by atoms with van der Waals surface area (Å²) < 4.78 is 2.47. The Kier molecular flexibility index (Phi) is 8.06. The average molecular weight is 536 g/mol. The Hall–Kier alpha value is -2.50. The summed E-state index contributed by atoms with van der Waals surface area (Å²) in [6.45, 7) is 11.0. The molecule has 2 fully saturated rings. The normalized spacial score (nSPS) is 18.3. The Morgan fingerprint density at radius 2 is 1.68 bits per heavy atom. The second-order valence-electron chi connectivity index (χ2n) is 11.8. The fourth-order valence-electron chi connectivity index (χ4n) is 7.05. The van der Waals surface area contributed by atoms with Gasteiger partial charge in [-0.2, -0.15) is 0 Å².